The van der Waals surface area contributed by atoms with Gasteiger partial charge < -0.3 is 14.4 Å². The maximum atomic E-state index is 13.3. The molecule has 1 aromatic carbocycles. The molecule has 25 heavy (non-hydrogen) atoms. The molecule has 0 bridgehead atoms. The highest BCUT2D eigenvalue weighted by molar-refractivity contribution is 5.84. The molecule has 3 aliphatic rings. The number of carbonyl (C=O) groups is 2. The minimum Gasteiger partial charge on any atom is -0.430 e. The third-order valence-corrected chi connectivity index (χ3v) is 6.04. The lowest BCUT2D eigenvalue weighted by Gasteiger charge is -2.38. The van der Waals surface area contributed by atoms with Crippen LogP contribution in [0.15, 0.2) is 30.3 Å². The standard InChI is InChI=1S/C20H25NO4/c22-18(21-12-10-20(11-13-21)14-24-19(23)25-20)17(16-8-4-5-9-16)15-6-2-1-3-7-15/h1-3,6-7,16-17H,4-5,8-14H2. The van der Waals surface area contributed by atoms with Gasteiger partial charge in [0, 0.05) is 25.9 Å². The van der Waals surface area contributed by atoms with Gasteiger partial charge in [-0.05, 0) is 24.3 Å². The van der Waals surface area contributed by atoms with Gasteiger partial charge in [-0.2, -0.15) is 0 Å². The van der Waals surface area contributed by atoms with Crippen molar-refractivity contribution < 1.29 is 19.1 Å². The van der Waals surface area contributed by atoms with Crippen LogP contribution in [0.5, 0.6) is 0 Å². The molecule has 1 aliphatic carbocycles. The molecule has 0 radical (unpaired) electrons. The van der Waals surface area contributed by atoms with Crippen LogP contribution in [-0.2, 0) is 14.3 Å². The van der Waals surface area contributed by atoms with Gasteiger partial charge in [-0.3, -0.25) is 4.79 Å². The van der Waals surface area contributed by atoms with Crippen LogP contribution in [-0.4, -0.2) is 42.3 Å². The molecule has 5 heteroatoms. The van der Waals surface area contributed by atoms with Crippen LogP contribution in [0.25, 0.3) is 0 Å². The topological polar surface area (TPSA) is 55.8 Å². The maximum absolute atomic E-state index is 13.3. The average molecular weight is 343 g/mol. The van der Waals surface area contributed by atoms with Crippen molar-refractivity contribution in [2.24, 2.45) is 5.92 Å². The summed E-state index contributed by atoms with van der Waals surface area (Å²) in [5.74, 6) is 0.636. The summed E-state index contributed by atoms with van der Waals surface area (Å²) in [4.78, 5) is 26.6. The van der Waals surface area contributed by atoms with E-state index < -0.39 is 11.8 Å². The van der Waals surface area contributed by atoms with Crippen LogP contribution in [0, 0.1) is 5.92 Å². The van der Waals surface area contributed by atoms with E-state index in [1.807, 2.05) is 23.1 Å². The Kier molecular flexibility index (Phi) is 4.40. The molecule has 1 spiro atoms. The SMILES string of the molecule is O=C1OCC2(CCN(C(=O)C(c3ccccc3)C3CCCC3)CC2)O1. The zero-order valence-electron chi connectivity index (χ0n) is 14.5. The van der Waals surface area contributed by atoms with Gasteiger partial charge in [0.05, 0.1) is 5.92 Å². The first-order valence-corrected chi connectivity index (χ1v) is 9.36. The summed E-state index contributed by atoms with van der Waals surface area (Å²) in [5, 5.41) is 0. The minimum atomic E-state index is -0.576. The van der Waals surface area contributed by atoms with E-state index in [1.54, 1.807) is 0 Å². The highest BCUT2D eigenvalue weighted by Gasteiger charge is 2.46. The highest BCUT2D eigenvalue weighted by Crippen LogP contribution is 2.40. The van der Waals surface area contributed by atoms with E-state index in [4.69, 9.17) is 9.47 Å². The van der Waals surface area contributed by atoms with E-state index >= 15 is 0 Å². The van der Waals surface area contributed by atoms with Gasteiger partial charge in [0.15, 0.2) is 5.60 Å². The van der Waals surface area contributed by atoms with Crippen LogP contribution < -0.4 is 0 Å². The fourth-order valence-electron chi connectivity index (χ4n) is 4.57. The molecule has 1 aromatic rings. The van der Waals surface area contributed by atoms with Gasteiger partial charge in [0.1, 0.15) is 6.61 Å². The largest absolute Gasteiger partial charge is 0.509 e. The van der Waals surface area contributed by atoms with Crippen molar-refractivity contribution in [3.63, 3.8) is 0 Å². The number of piperidine rings is 1. The Labute approximate surface area is 148 Å². The Balaban J connectivity index is 1.48. The molecule has 2 heterocycles. The lowest BCUT2D eigenvalue weighted by molar-refractivity contribution is -0.137. The normalized spacial score (nSPS) is 24.2. The molecule has 134 valence electrons. The Morgan fingerprint density at radius 3 is 2.40 bits per heavy atom. The predicted molar refractivity (Wildman–Crippen MR) is 92.1 cm³/mol. The molecule has 0 aromatic heterocycles. The molecule has 1 amide bonds. The molecule has 0 N–H and O–H groups in total. The zero-order chi connectivity index (χ0) is 17.3. The molecule has 5 nitrogen and oxygen atoms in total. The summed E-state index contributed by atoms with van der Waals surface area (Å²) in [7, 11) is 0. The van der Waals surface area contributed by atoms with Gasteiger partial charge in [-0.15, -0.1) is 0 Å². The number of rotatable bonds is 3. The number of cyclic esters (lactones) is 1. The zero-order valence-corrected chi connectivity index (χ0v) is 14.5. The lowest BCUT2D eigenvalue weighted by Crippen LogP contribution is -2.49. The van der Waals surface area contributed by atoms with Gasteiger partial charge in [-0.25, -0.2) is 4.79 Å². The third kappa shape index (κ3) is 3.24. The van der Waals surface area contributed by atoms with E-state index in [1.165, 1.54) is 12.8 Å². The van der Waals surface area contributed by atoms with Crippen molar-refractivity contribution >= 4 is 12.1 Å². The van der Waals surface area contributed by atoms with Gasteiger partial charge in [0.25, 0.3) is 0 Å². The Morgan fingerprint density at radius 2 is 1.80 bits per heavy atom. The number of hydrogen-bond donors (Lipinski definition) is 0. The maximum Gasteiger partial charge on any atom is 0.509 e. The van der Waals surface area contributed by atoms with Gasteiger partial charge >= 0.3 is 6.16 Å². The molecule has 2 aliphatic heterocycles. The first-order valence-electron chi connectivity index (χ1n) is 9.36. The second-order valence-electron chi connectivity index (χ2n) is 7.58. The average Bonchev–Trinajstić information content (AvgIpc) is 3.27. The van der Waals surface area contributed by atoms with Crippen LogP contribution >= 0.6 is 0 Å². The molecular weight excluding hydrogens is 318 g/mol. The number of amides is 1. The predicted octanol–water partition coefficient (Wildman–Crippen LogP) is 3.49. The van der Waals surface area contributed by atoms with E-state index in [-0.39, 0.29) is 11.8 Å². The summed E-state index contributed by atoms with van der Waals surface area (Å²) >= 11 is 0. The fraction of sp³-hybridized carbons (Fsp3) is 0.600. The van der Waals surface area contributed by atoms with E-state index in [0.717, 1.165) is 18.4 Å². The van der Waals surface area contributed by atoms with Crippen LogP contribution in [0.3, 0.4) is 0 Å². The number of benzene rings is 1. The highest BCUT2D eigenvalue weighted by atomic mass is 16.8. The van der Waals surface area contributed by atoms with E-state index in [0.29, 0.717) is 38.5 Å². The number of nitrogens with zero attached hydrogens (tertiary/aromatic N) is 1. The van der Waals surface area contributed by atoms with Crippen molar-refractivity contribution in [2.45, 2.75) is 50.0 Å². The summed E-state index contributed by atoms with van der Waals surface area (Å²) in [6, 6.07) is 10.2. The summed E-state index contributed by atoms with van der Waals surface area (Å²) < 4.78 is 10.3. The minimum absolute atomic E-state index is 0.0415. The lowest BCUT2D eigenvalue weighted by atomic mass is 9.82. The molecular formula is C20H25NO4. The van der Waals surface area contributed by atoms with Crippen molar-refractivity contribution in [1.29, 1.82) is 0 Å². The second-order valence-corrected chi connectivity index (χ2v) is 7.58. The summed E-state index contributed by atoms with van der Waals surface area (Å²) in [6.45, 7) is 1.58. The quantitative estimate of drug-likeness (QED) is 0.789. The third-order valence-electron chi connectivity index (χ3n) is 6.04. The van der Waals surface area contributed by atoms with Gasteiger partial charge in [-0.1, -0.05) is 43.2 Å². The molecule has 2 saturated heterocycles. The van der Waals surface area contributed by atoms with E-state index in [2.05, 4.69) is 12.1 Å². The molecule has 1 unspecified atom stereocenters. The Bertz CT molecular complexity index is 630. The fourth-order valence-corrected chi connectivity index (χ4v) is 4.57. The Hall–Kier alpha value is -2.04. The van der Waals surface area contributed by atoms with Gasteiger partial charge in [0.2, 0.25) is 5.91 Å². The molecule has 1 saturated carbocycles. The van der Waals surface area contributed by atoms with Crippen LogP contribution in [0.2, 0.25) is 0 Å². The number of ether oxygens (including phenoxy) is 2. The molecule has 3 fully saturated rings. The Morgan fingerprint density at radius 1 is 1.12 bits per heavy atom. The summed E-state index contributed by atoms with van der Waals surface area (Å²) in [5.41, 5.74) is 0.624. The molecule has 4 rings (SSSR count). The first kappa shape index (κ1) is 16.4. The van der Waals surface area contributed by atoms with Crippen molar-refractivity contribution in [2.75, 3.05) is 19.7 Å². The van der Waals surface area contributed by atoms with Crippen LogP contribution in [0.4, 0.5) is 4.79 Å². The number of hydrogen-bond acceptors (Lipinski definition) is 4. The number of carbonyl (C=O) groups excluding carboxylic acids is 2. The number of likely N-dealkylation sites (tertiary alicyclic amines) is 1. The molecule has 1 atom stereocenters. The van der Waals surface area contributed by atoms with Crippen molar-refractivity contribution in [3.05, 3.63) is 35.9 Å². The first-order chi connectivity index (χ1) is 12.2. The second kappa shape index (κ2) is 6.70. The van der Waals surface area contributed by atoms with Crippen molar-refractivity contribution in [1.82, 2.24) is 4.90 Å². The summed E-state index contributed by atoms with van der Waals surface area (Å²) in [6.07, 6.45) is 5.46. The van der Waals surface area contributed by atoms with Crippen molar-refractivity contribution in [3.8, 4) is 0 Å². The smallest absolute Gasteiger partial charge is 0.430 e. The van der Waals surface area contributed by atoms with E-state index in [9.17, 15) is 9.59 Å². The monoisotopic (exact) mass is 343 g/mol. The van der Waals surface area contributed by atoms with Crippen LogP contribution in [0.1, 0.15) is 50.0 Å².